The lowest BCUT2D eigenvalue weighted by atomic mass is 9.66. The van der Waals surface area contributed by atoms with Crippen molar-refractivity contribution in [2.75, 3.05) is 13.6 Å². The predicted molar refractivity (Wildman–Crippen MR) is 93.0 cm³/mol. The van der Waals surface area contributed by atoms with Gasteiger partial charge in [-0.2, -0.15) is 0 Å². The maximum Gasteiger partial charge on any atom is 0.0438 e. The lowest BCUT2D eigenvalue weighted by molar-refractivity contribution is 0.141. The van der Waals surface area contributed by atoms with Crippen LogP contribution in [0.1, 0.15) is 57.4 Å². The Morgan fingerprint density at radius 3 is 2.57 bits per heavy atom. The fraction of sp³-hybridized carbons (Fsp3) is 0.684. The maximum atomic E-state index is 6.38. The number of benzene rings is 1. The Morgan fingerprint density at radius 1 is 1.24 bits per heavy atom. The highest BCUT2D eigenvalue weighted by Crippen LogP contribution is 2.43. The van der Waals surface area contributed by atoms with E-state index in [4.69, 9.17) is 11.6 Å². The topological polar surface area (TPSA) is 12.0 Å². The van der Waals surface area contributed by atoms with Gasteiger partial charge in [0.05, 0.1) is 0 Å². The molecule has 0 bridgehead atoms. The zero-order chi connectivity index (χ0) is 15.1. The van der Waals surface area contributed by atoms with Crippen molar-refractivity contribution >= 4 is 11.6 Å². The quantitative estimate of drug-likeness (QED) is 0.704. The fourth-order valence-electron chi connectivity index (χ4n) is 3.91. The third kappa shape index (κ3) is 4.72. The van der Waals surface area contributed by atoms with E-state index in [2.05, 4.69) is 31.4 Å². The van der Waals surface area contributed by atoms with Crippen LogP contribution in [0.15, 0.2) is 24.3 Å². The smallest absolute Gasteiger partial charge is 0.0438 e. The average molecular weight is 308 g/mol. The molecule has 2 rings (SSSR count). The summed E-state index contributed by atoms with van der Waals surface area (Å²) in [6.07, 6.45) is 10.7. The number of halogens is 1. The summed E-state index contributed by atoms with van der Waals surface area (Å²) in [4.78, 5) is 0. The predicted octanol–water partition coefficient (Wildman–Crippen LogP) is 5.47. The summed E-state index contributed by atoms with van der Waals surface area (Å²) in [7, 11) is 2.08. The molecule has 118 valence electrons. The molecular formula is C19H30ClN. The Bertz CT molecular complexity index is 421. The van der Waals surface area contributed by atoms with Crippen molar-refractivity contribution in [2.45, 2.75) is 58.3 Å². The van der Waals surface area contributed by atoms with Gasteiger partial charge in [-0.3, -0.25) is 0 Å². The first-order valence-corrected chi connectivity index (χ1v) is 8.95. The Kier molecular flexibility index (Phi) is 6.57. The van der Waals surface area contributed by atoms with E-state index in [9.17, 15) is 0 Å². The third-order valence-electron chi connectivity index (χ3n) is 5.21. The van der Waals surface area contributed by atoms with E-state index < -0.39 is 0 Å². The normalized spacial score (nSPS) is 26.0. The number of hydrogen-bond donors (Lipinski definition) is 1. The van der Waals surface area contributed by atoms with Crippen molar-refractivity contribution < 1.29 is 0 Å². The van der Waals surface area contributed by atoms with Crippen LogP contribution in [0.3, 0.4) is 0 Å². The standard InChI is InChI=1S/C19H30ClN/c1-3-4-7-16-10-12-19(13-11-16,15-21-2)14-17-8-5-6-9-18(17)20/h5-6,8-9,16,21H,3-4,7,10-15H2,1-2H3. The summed E-state index contributed by atoms with van der Waals surface area (Å²) < 4.78 is 0. The van der Waals surface area contributed by atoms with Gasteiger partial charge < -0.3 is 5.32 Å². The molecule has 0 aromatic heterocycles. The summed E-state index contributed by atoms with van der Waals surface area (Å²) in [5.74, 6) is 0.959. The highest BCUT2D eigenvalue weighted by atomic mass is 35.5. The molecule has 0 unspecified atom stereocenters. The fourth-order valence-corrected chi connectivity index (χ4v) is 4.11. The van der Waals surface area contributed by atoms with E-state index in [0.29, 0.717) is 5.41 Å². The molecule has 21 heavy (non-hydrogen) atoms. The summed E-state index contributed by atoms with van der Waals surface area (Å²) in [5, 5.41) is 4.36. The average Bonchev–Trinajstić information content (AvgIpc) is 2.50. The number of hydrogen-bond acceptors (Lipinski definition) is 1. The van der Waals surface area contributed by atoms with E-state index in [0.717, 1.165) is 23.9 Å². The van der Waals surface area contributed by atoms with Gasteiger partial charge in [0.1, 0.15) is 0 Å². The lowest BCUT2D eigenvalue weighted by Gasteiger charge is -2.41. The summed E-state index contributed by atoms with van der Waals surface area (Å²) >= 11 is 6.38. The summed E-state index contributed by atoms with van der Waals surface area (Å²) in [6, 6.07) is 8.36. The maximum absolute atomic E-state index is 6.38. The number of rotatable bonds is 7. The number of nitrogens with one attached hydrogen (secondary N) is 1. The summed E-state index contributed by atoms with van der Waals surface area (Å²) in [6.45, 7) is 3.41. The minimum Gasteiger partial charge on any atom is -0.319 e. The highest BCUT2D eigenvalue weighted by molar-refractivity contribution is 6.31. The van der Waals surface area contributed by atoms with Crippen LogP contribution < -0.4 is 5.32 Å². The van der Waals surface area contributed by atoms with Crippen LogP contribution in [-0.2, 0) is 6.42 Å². The molecule has 0 amide bonds. The van der Waals surface area contributed by atoms with Crippen LogP contribution >= 0.6 is 11.6 Å². The van der Waals surface area contributed by atoms with Gasteiger partial charge in [0.25, 0.3) is 0 Å². The van der Waals surface area contributed by atoms with Gasteiger partial charge in [0, 0.05) is 11.6 Å². The molecule has 1 aliphatic rings. The first kappa shape index (κ1) is 16.8. The van der Waals surface area contributed by atoms with E-state index in [1.165, 1.54) is 50.5 Å². The van der Waals surface area contributed by atoms with Crippen LogP contribution in [0.25, 0.3) is 0 Å². The molecule has 0 aliphatic heterocycles. The second-order valence-corrected chi connectivity index (χ2v) is 7.29. The molecule has 1 aliphatic carbocycles. The molecule has 1 aromatic rings. The van der Waals surface area contributed by atoms with Crippen LogP contribution in [0.2, 0.25) is 5.02 Å². The van der Waals surface area contributed by atoms with Crippen LogP contribution in [0.4, 0.5) is 0 Å². The third-order valence-corrected chi connectivity index (χ3v) is 5.58. The zero-order valence-electron chi connectivity index (χ0n) is 13.6. The van der Waals surface area contributed by atoms with Crippen molar-refractivity contribution in [1.82, 2.24) is 5.32 Å². The molecule has 0 atom stereocenters. The van der Waals surface area contributed by atoms with Crippen LogP contribution in [0.5, 0.6) is 0 Å². The molecule has 1 saturated carbocycles. The Hall–Kier alpha value is -0.530. The van der Waals surface area contributed by atoms with Crippen molar-refractivity contribution in [3.05, 3.63) is 34.9 Å². The van der Waals surface area contributed by atoms with E-state index >= 15 is 0 Å². The molecule has 0 spiro atoms. The van der Waals surface area contributed by atoms with Crippen molar-refractivity contribution in [3.63, 3.8) is 0 Å². The molecule has 0 saturated heterocycles. The first-order valence-electron chi connectivity index (χ1n) is 8.57. The van der Waals surface area contributed by atoms with E-state index in [-0.39, 0.29) is 0 Å². The molecule has 0 heterocycles. The van der Waals surface area contributed by atoms with E-state index in [1.54, 1.807) is 0 Å². The molecule has 1 nitrogen and oxygen atoms in total. The molecule has 1 N–H and O–H groups in total. The highest BCUT2D eigenvalue weighted by Gasteiger charge is 2.35. The lowest BCUT2D eigenvalue weighted by Crippen LogP contribution is -2.38. The minimum absolute atomic E-state index is 0.405. The molecule has 2 heteroatoms. The van der Waals surface area contributed by atoms with Crippen molar-refractivity contribution in [2.24, 2.45) is 11.3 Å². The molecule has 1 aromatic carbocycles. The zero-order valence-corrected chi connectivity index (χ0v) is 14.4. The van der Waals surface area contributed by atoms with Gasteiger partial charge in [-0.05, 0) is 62.1 Å². The van der Waals surface area contributed by atoms with Crippen LogP contribution in [0, 0.1) is 11.3 Å². The van der Waals surface area contributed by atoms with Crippen LogP contribution in [-0.4, -0.2) is 13.6 Å². The largest absolute Gasteiger partial charge is 0.319 e. The van der Waals surface area contributed by atoms with Gasteiger partial charge in [-0.25, -0.2) is 0 Å². The Labute approximate surface area is 135 Å². The monoisotopic (exact) mass is 307 g/mol. The van der Waals surface area contributed by atoms with Gasteiger partial charge in [0.2, 0.25) is 0 Å². The van der Waals surface area contributed by atoms with Gasteiger partial charge in [-0.1, -0.05) is 56.0 Å². The van der Waals surface area contributed by atoms with Crippen molar-refractivity contribution in [1.29, 1.82) is 0 Å². The molecule has 0 radical (unpaired) electrons. The molecule has 1 fully saturated rings. The van der Waals surface area contributed by atoms with Crippen molar-refractivity contribution in [3.8, 4) is 0 Å². The Morgan fingerprint density at radius 2 is 1.95 bits per heavy atom. The second kappa shape index (κ2) is 8.19. The SMILES string of the molecule is CCCCC1CCC(CNC)(Cc2ccccc2Cl)CC1. The number of unbranched alkanes of at least 4 members (excludes halogenated alkanes) is 1. The van der Waals surface area contributed by atoms with E-state index in [1.807, 2.05) is 12.1 Å². The van der Waals surface area contributed by atoms with Gasteiger partial charge in [-0.15, -0.1) is 0 Å². The molecular weight excluding hydrogens is 278 g/mol. The second-order valence-electron chi connectivity index (χ2n) is 6.88. The summed E-state index contributed by atoms with van der Waals surface area (Å²) in [5.41, 5.74) is 1.73. The van der Waals surface area contributed by atoms with Gasteiger partial charge >= 0.3 is 0 Å². The van der Waals surface area contributed by atoms with Gasteiger partial charge in [0.15, 0.2) is 0 Å². The Balaban J connectivity index is 2.00. The minimum atomic E-state index is 0.405. The first-order chi connectivity index (χ1) is 10.2.